The molecule has 0 saturated heterocycles. The van der Waals surface area contributed by atoms with Gasteiger partial charge in [-0.1, -0.05) is 38.1 Å². The van der Waals surface area contributed by atoms with Crippen LogP contribution in [0.4, 0.5) is 0 Å². The Kier molecular flexibility index (Phi) is 6.17. The molecule has 1 atom stereocenters. The van der Waals surface area contributed by atoms with E-state index < -0.39 is 0 Å². The zero-order valence-corrected chi connectivity index (χ0v) is 12.9. The molecule has 0 heterocycles. The van der Waals surface area contributed by atoms with E-state index >= 15 is 0 Å². The molecule has 112 valence electrons. The molecule has 0 spiro atoms. The molecule has 1 rings (SSSR count). The molecule has 0 aliphatic heterocycles. The van der Waals surface area contributed by atoms with Gasteiger partial charge in [0.1, 0.15) is 0 Å². The first-order valence-electron chi connectivity index (χ1n) is 6.96. The van der Waals surface area contributed by atoms with Crippen LogP contribution in [0.15, 0.2) is 24.3 Å². The highest BCUT2D eigenvalue weighted by molar-refractivity contribution is 5.76. The van der Waals surface area contributed by atoms with Crippen molar-refractivity contribution in [2.45, 2.75) is 38.7 Å². The zero-order chi connectivity index (χ0) is 15.2. The lowest BCUT2D eigenvalue weighted by Gasteiger charge is -2.27. The molecule has 4 nitrogen and oxygen atoms in total. The molecule has 0 radical (unpaired) electrons. The maximum atomic E-state index is 11.9. The van der Waals surface area contributed by atoms with E-state index in [1.165, 1.54) is 11.1 Å². The molecule has 0 aliphatic carbocycles. The van der Waals surface area contributed by atoms with E-state index in [4.69, 9.17) is 10.5 Å². The molecular weight excluding hydrogens is 252 g/mol. The molecule has 0 fully saturated rings. The average molecular weight is 278 g/mol. The first-order chi connectivity index (χ1) is 9.40. The molecule has 0 aromatic heterocycles. The number of benzene rings is 1. The van der Waals surface area contributed by atoms with E-state index in [1.54, 1.807) is 7.11 Å². The average Bonchev–Trinajstić information content (AvgIpc) is 2.43. The fraction of sp³-hybridized carbons (Fsp3) is 0.562. The van der Waals surface area contributed by atoms with Crippen LogP contribution in [0.1, 0.15) is 31.4 Å². The summed E-state index contributed by atoms with van der Waals surface area (Å²) in [5, 5.41) is 2.97. The summed E-state index contributed by atoms with van der Waals surface area (Å²) in [4.78, 5) is 11.9. The van der Waals surface area contributed by atoms with Crippen LogP contribution in [0.2, 0.25) is 0 Å². The molecule has 0 bridgehead atoms. The fourth-order valence-corrected chi connectivity index (χ4v) is 2.29. The van der Waals surface area contributed by atoms with Crippen LogP contribution in [-0.2, 0) is 14.9 Å². The lowest BCUT2D eigenvalue weighted by atomic mass is 9.82. The predicted molar refractivity (Wildman–Crippen MR) is 81.7 cm³/mol. The number of nitrogens with one attached hydrogen (secondary N) is 1. The second kappa shape index (κ2) is 7.41. The summed E-state index contributed by atoms with van der Waals surface area (Å²) in [6.07, 6.45) is 0.0909. The minimum Gasteiger partial charge on any atom is -0.380 e. The standard InChI is InChI=1S/C16H26N2O2/c1-12-7-5-6-8-14(12)16(2,3)11-18-15(19)9-13(10-17)20-4/h5-8,13H,9-11,17H2,1-4H3,(H,18,19). The van der Waals surface area contributed by atoms with E-state index in [2.05, 4.69) is 38.2 Å². The maximum Gasteiger partial charge on any atom is 0.222 e. The number of ether oxygens (including phenoxy) is 1. The summed E-state index contributed by atoms with van der Waals surface area (Å²) in [6.45, 7) is 7.30. The summed E-state index contributed by atoms with van der Waals surface area (Å²) >= 11 is 0. The highest BCUT2D eigenvalue weighted by atomic mass is 16.5. The number of methoxy groups -OCH3 is 1. The van der Waals surface area contributed by atoms with Gasteiger partial charge in [-0.2, -0.15) is 0 Å². The van der Waals surface area contributed by atoms with E-state index in [1.807, 2.05) is 12.1 Å². The summed E-state index contributed by atoms with van der Waals surface area (Å²) in [6, 6.07) is 8.26. The van der Waals surface area contributed by atoms with Gasteiger partial charge in [-0.3, -0.25) is 4.79 Å². The second-order valence-electron chi connectivity index (χ2n) is 5.77. The first-order valence-corrected chi connectivity index (χ1v) is 6.96. The monoisotopic (exact) mass is 278 g/mol. The molecule has 1 unspecified atom stereocenters. The lowest BCUT2D eigenvalue weighted by Crippen LogP contribution is -2.39. The van der Waals surface area contributed by atoms with Crippen molar-refractivity contribution in [2.24, 2.45) is 5.73 Å². The largest absolute Gasteiger partial charge is 0.380 e. The number of aryl methyl sites for hydroxylation is 1. The normalized spacial score (nSPS) is 13.1. The van der Waals surface area contributed by atoms with Crippen molar-refractivity contribution in [3.63, 3.8) is 0 Å². The molecular formula is C16H26N2O2. The van der Waals surface area contributed by atoms with Gasteiger partial charge in [0.05, 0.1) is 12.5 Å². The van der Waals surface area contributed by atoms with Gasteiger partial charge < -0.3 is 15.8 Å². The fourth-order valence-electron chi connectivity index (χ4n) is 2.29. The molecule has 1 amide bonds. The van der Waals surface area contributed by atoms with Gasteiger partial charge in [0.15, 0.2) is 0 Å². The third kappa shape index (κ3) is 4.62. The molecule has 1 aromatic rings. The minimum atomic E-state index is -0.212. The van der Waals surface area contributed by atoms with Gasteiger partial charge in [0.2, 0.25) is 5.91 Å². The van der Waals surface area contributed by atoms with Crippen LogP contribution >= 0.6 is 0 Å². The van der Waals surface area contributed by atoms with Crippen LogP contribution < -0.4 is 11.1 Å². The van der Waals surface area contributed by atoms with Crippen molar-refractivity contribution in [3.8, 4) is 0 Å². The smallest absolute Gasteiger partial charge is 0.222 e. The number of rotatable bonds is 7. The Morgan fingerprint density at radius 2 is 2.05 bits per heavy atom. The van der Waals surface area contributed by atoms with E-state index in [0.29, 0.717) is 19.5 Å². The number of hydrogen-bond donors (Lipinski definition) is 2. The van der Waals surface area contributed by atoms with Crippen LogP contribution in [0.3, 0.4) is 0 Å². The highest BCUT2D eigenvalue weighted by Crippen LogP contribution is 2.25. The van der Waals surface area contributed by atoms with Gasteiger partial charge in [-0.15, -0.1) is 0 Å². The summed E-state index contributed by atoms with van der Waals surface area (Å²) in [5.41, 5.74) is 7.91. The SMILES string of the molecule is COC(CN)CC(=O)NCC(C)(C)c1ccccc1C. The third-order valence-corrected chi connectivity index (χ3v) is 3.61. The van der Waals surface area contributed by atoms with Gasteiger partial charge in [-0.05, 0) is 18.1 Å². The van der Waals surface area contributed by atoms with Gasteiger partial charge >= 0.3 is 0 Å². The Hall–Kier alpha value is -1.39. The Labute approximate surface area is 121 Å². The van der Waals surface area contributed by atoms with Crippen molar-refractivity contribution < 1.29 is 9.53 Å². The topological polar surface area (TPSA) is 64.3 Å². The van der Waals surface area contributed by atoms with Crippen molar-refractivity contribution in [1.29, 1.82) is 0 Å². The van der Waals surface area contributed by atoms with E-state index in [-0.39, 0.29) is 17.4 Å². The van der Waals surface area contributed by atoms with Crippen molar-refractivity contribution in [3.05, 3.63) is 35.4 Å². The van der Waals surface area contributed by atoms with Crippen molar-refractivity contribution >= 4 is 5.91 Å². The van der Waals surface area contributed by atoms with Crippen LogP contribution in [0.25, 0.3) is 0 Å². The van der Waals surface area contributed by atoms with Gasteiger partial charge in [-0.25, -0.2) is 0 Å². The first kappa shape index (κ1) is 16.7. The molecule has 20 heavy (non-hydrogen) atoms. The number of hydrogen-bond acceptors (Lipinski definition) is 3. The third-order valence-electron chi connectivity index (χ3n) is 3.61. The summed E-state index contributed by atoms with van der Waals surface area (Å²) in [7, 11) is 1.57. The Bertz CT molecular complexity index is 440. The van der Waals surface area contributed by atoms with E-state index in [9.17, 15) is 4.79 Å². The van der Waals surface area contributed by atoms with Crippen LogP contribution in [-0.4, -0.2) is 32.2 Å². The molecule has 4 heteroatoms. The zero-order valence-electron chi connectivity index (χ0n) is 12.9. The number of carbonyl (C=O) groups excluding carboxylic acids is 1. The quantitative estimate of drug-likeness (QED) is 0.798. The number of carbonyl (C=O) groups is 1. The van der Waals surface area contributed by atoms with Crippen LogP contribution in [0.5, 0.6) is 0 Å². The lowest BCUT2D eigenvalue weighted by molar-refractivity contribution is -0.123. The van der Waals surface area contributed by atoms with E-state index in [0.717, 1.165) is 0 Å². The minimum absolute atomic E-state index is 0.0241. The summed E-state index contributed by atoms with van der Waals surface area (Å²) in [5.74, 6) is -0.0241. The maximum absolute atomic E-state index is 11.9. The Morgan fingerprint density at radius 1 is 1.40 bits per heavy atom. The Morgan fingerprint density at radius 3 is 2.60 bits per heavy atom. The van der Waals surface area contributed by atoms with Crippen molar-refractivity contribution in [2.75, 3.05) is 20.2 Å². The second-order valence-corrected chi connectivity index (χ2v) is 5.77. The van der Waals surface area contributed by atoms with Crippen LogP contribution in [0, 0.1) is 6.92 Å². The molecule has 0 saturated carbocycles. The number of amides is 1. The number of nitrogens with two attached hydrogens (primary N) is 1. The molecule has 0 aliphatic rings. The van der Waals surface area contributed by atoms with Gasteiger partial charge in [0.25, 0.3) is 0 Å². The predicted octanol–water partition coefficient (Wildman–Crippen LogP) is 1.75. The highest BCUT2D eigenvalue weighted by Gasteiger charge is 2.23. The molecule has 1 aromatic carbocycles. The van der Waals surface area contributed by atoms with Crippen molar-refractivity contribution in [1.82, 2.24) is 5.32 Å². The van der Waals surface area contributed by atoms with Gasteiger partial charge in [0, 0.05) is 25.6 Å². The summed E-state index contributed by atoms with van der Waals surface area (Å²) < 4.78 is 5.12. The molecule has 3 N–H and O–H groups in total. The Balaban J connectivity index is 2.60.